The SMILES string of the molecule is O=C(Nc1ncccn1)c1cccnc1OC1CCOC1. The quantitative estimate of drug-likeness (QED) is 0.911. The van der Waals surface area contributed by atoms with Crippen LogP contribution in [0.15, 0.2) is 36.8 Å². The standard InChI is InChI=1S/C14H14N4O3/c19-12(18-14-16-6-2-7-17-14)11-3-1-5-15-13(11)21-10-4-8-20-9-10/h1-3,5-7,10H,4,8-9H2,(H,16,17,18,19). The van der Waals surface area contributed by atoms with Crippen LogP contribution in [0.4, 0.5) is 5.95 Å². The van der Waals surface area contributed by atoms with Gasteiger partial charge in [-0.05, 0) is 18.2 Å². The summed E-state index contributed by atoms with van der Waals surface area (Å²) in [5.74, 6) is 0.172. The van der Waals surface area contributed by atoms with Crippen LogP contribution in [0, 0.1) is 0 Å². The minimum atomic E-state index is -0.358. The molecule has 1 saturated heterocycles. The van der Waals surface area contributed by atoms with E-state index in [4.69, 9.17) is 9.47 Å². The van der Waals surface area contributed by atoms with Crippen molar-refractivity contribution in [1.29, 1.82) is 0 Å². The number of amides is 1. The van der Waals surface area contributed by atoms with Gasteiger partial charge < -0.3 is 9.47 Å². The van der Waals surface area contributed by atoms with Crippen molar-refractivity contribution in [2.45, 2.75) is 12.5 Å². The van der Waals surface area contributed by atoms with Crippen LogP contribution >= 0.6 is 0 Å². The lowest BCUT2D eigenvalue weighted by molar-refractivity contribution is 0.101. The van der Waals surface area contributed by atoms with Crippen LogP contribution in [0.5, 0.6) is 5.88 Å². The fourth-order valence-corrected chi connectivity index (χ4v) is 1.95. The summed E-state index contributed by atoms with van der Waals surface area (Å²) in [6, 6.07) is 5.00. The van der Waals surface area contributed by atoms with E-state index in [1.54, 1.807) is 36.8 Å². The summed E-state index contributed by atoms with van der Waals surface area (Å²) in [5, 5.41) is 2.61. The minimum absolute atomic E-state index is 0.0700. The van der Waals surface area contributed by atoms with E-state index in [1.807, 2.05) is 0 Å². The Hall–Kier alpha value is -2.54. The van der Waals surface area contributed by atoms with Crippen molar-refractivity contribution >= 4 is 11.9 Å². The van der Waals surface area contributed by atoms with Crippen molar-refractivity contribution in [3.05, 3.63) is 42.4 Å². The van der Waals surface area contributed by atoms with E-state index in [9.17, 15) is 4.79 Å². The Labute approximate surface area is 121 Å². The molecule has 2 aromatic rings. The molecule has 0 spiro atoms. The number of ether oxygens (including phenoxy) is 2. The number of carbonyl (C=O) groups is 1. The third kappa shape index (κ3) is 3.32. The van der Waals surface area contributed by atoms with Gasteiger partial charge in [0, 0.05) is 25.0 Å². The maximum Gasteiger partial charge on any atom is 0.263 e. The van der Waals surface area contributed by atoms with Crippen LogP contribution in [-0.2, 0) is 4.74 Å². The molecule has 7 heteroatoms. The van der Waals surface area contributed by atoms with Crippen molar-refractivity contribution in [2.75, 3.05) is 18.5 Å². The molecule has 0 saturated carbocycles. The topological polar surface area (TPSA) is 86.2 Å². The molecule has 108 valence electrons. The van der Waals surface area contributed by atoms with Crippen LogP contribution in [0.3, 0.4) is 0 Å². The molecular formula is C14H14N4O3. The second kappa shape index (κ2) is 6.27. The van der Waals surface area contributed by atoms with Crippen LogP contribution < -0.4 is 10.1 Å². The third-order valence-corrected chi connectivity index (χ3v) is 2.97. The van der Waals surface area contributed by atoms with Gasteiger partial charge in [-0.25, -0.2) is 15.0 Å². The summed E-state index contributed by atoms with van der Waals surface area (Å²) >= 11 is 0. The average molecular weight is 286 g/mol. The van der Waals surface area contributed by atoms with Crippen LogP contribution in [0.1, 0.15) is 16.8 Å². The Kier molecular flexibility index (Phi) is 4.02. The fourth-order valence-electron chi connectivity index (χ4n) is 1.95. The lowest BCUT2D eigenvalue weighted by Crippen LogP contribution is -2.21. The molecular weight excluding hydrogens is 272 g/mol. The number of hydrogen-bond acceptors (Lipinski definition) is 6. The van der Waals surface area contributed by atoms with E-state index in [0.717, 1.165) is 6.42 Å². The molecule has 0 aliphatic carbocycles. The monoisotopic (exact) mass is 286 g/mol. The van der Waals surface area contributed by atoms with Gasteiger partial charge in [-0.3, -0.25) is 10.1 Å². The van der Waals surface area contributed by atoms with Crippen molar-refractivity contribution in [3.63, 3.8) is 0 Å². The van der Waals surface area contributed by atoms with Gasteiger partial charge in [0.25, 0.3) is 5.91 Å². The summed E-state index contributed by atoms with van der Waals surface area (Å²) in [5.41, 5.74) is 0.344. The molecule has 1 N–H and O–H groups in total. The highest BCUT2D eigenvalue weighted by atomic mass is 16.5. The summed E-state index contributed by atoms with van der Waals surface area (Å²) in [6.45, 7) is 1.18. The normalized spacial score (nSPS) is 17.4. The van der Waals surface area contributed by atoms with Gasteiger partial charge >= 0.3 is 0 Å². The van der Waals surface area contributed by atoms with Gasteiger partial charge in [0.05, 0.1) is 13.2 Å². The molecule has 0 aromatic carbocycles. The van der Waals surface area contributed by atoms with Gasteiger partial charge in [0.15, 0.2) is 0 Å². The van der Waals surface area contributed by atoms with E-state index in [2.05, 4.69) is 20.3 Å². The summed E-state index contributed by atoms with van der Waals surface area (Å²) < 4.78 is 11.0. The first kappa shape index (κ1) is 13.4. The van der Waals surface area contributed by atoms with Gasteiger partial charge in [-0.15, -0.1) is 0 Å². The zero-order valence-electron chi connectivity index (χ0n) is 11.2. The number of pyridine rings is 1. The van der Waals surface area contributed by atoms with Crippen LogP contribution in [0.25, 0.3) is 0 Å². The van der Waals surface area contributed by atoms with Crippen molar-refractivity contribution in [2.24, 2.45) is 0 Å². The second-order valence-electron chi connectivity index (χ2n) is 4.49. The molecule has 1 atom stereocenters. The molecule has 21 heavy (non-hydrogen) atoms. The molecule has 3 heterocycles. The van der Waals surface area contributed by atoms with Gasteiger partial charge in [-0.1, -0.05) is 0 Å². The summed E-state index contributed by atoms with van der Waals surface area (Å²) in [7, 11) is 0. The maximum absolute atomic E-state index is 12.3. The van der Waals surface area contributed by atoms with Gasteiger partial charge in [0.2, 0.25) is 11.8 Å². The predicted octanol–water partition coefficient (Wildman–Crippen LogP) is 1.29. The Morgan fingerprint density at radius 1 is 1.24 bits per heavy atom. The number of nitrogens with zero attached hydrogens (tertiary/aromatic N) is 3. The largest absolute Gasteiger partial charge is 0.471 e. The fraction of sp³-hybridized carbons (Fsp3) is 0.286. The van der Waals surface area contributed by atoms with Gasteiger partial charge in [-0.2, -0.15) is 0 Å². The number of anilines is 1. The minimum Gasteiger partial charge on any atom is -0.471 e. The number of rotatable bonds is 4. The third-order valence-electron chi connectivity index (χ3n) is 2.97. The highest BCUT2D eigenvalue weighted by molar-refractivity contribution is 6.04. The van der Waals surface area contributed by atoms with Crippen LogP contribution in [-0.4, -0.2) is 40.2 Å². The van der Waals surface area contributed by atoms with E-state index in [-0.39, 0.29) is 18.0 Å². The second-order valence-corrected chi connectivity index (χ2v) is 4.49. The Morgan fingerprint density at radius 2 is 2.05 bits per heavy atom. The molecule has 1 aliphatic rings. The van der Waals surface area contributed by atoms with Crippen molar-refractivity contribution in [3.8, 4) is 5.88 Å². The van der Waals surface area contributed by atoms with E-state index in [1.165, 1.54) is 0 Å². The Bertz CT molecular complexity index is 615. The lowest BCUT2D eigenvalue weighted by atomic mass is 10.2. The zero-order chi connectivity index (χ0) is 14.5. The smallest absolute Gasteiger partial charge is 0.263 e. The molecule has 0 radical (unpaired) electrons. The van der Waals surface area contributed by atoms with E-state index < -0.39 is 0 Å². The first-order valence-electron chi connectivity index (χ1n) is 6.61. The first-order valence-corrected chi connectivity index (χ1v) is 6.61. The molecule has 7 nitrogen and oxygen atoms in total. The molecule has 3 rings (SSSR count). The number of hydrogen-bond donors (Lipinski definition) is 1. The number of nitrogens with one attached hydrogen (secondary N) is 1. The first-order chi connectivity index (χ1) is 10.3. The summed E-state index contributed by atoms with van der Waals surface area (Å²) in [6.07, 6.45) is 5.41. The van der Waals surface area contributed by atoms with Gasteiger partial charge in [0.1, 0.15) is 11.7 Å². The Morgan fingerprint density at radius 3 is 2.81 bits per heavy atom. The molecule has 2 aromatic heterocycles. The molecule has 1 aliphatic heterocycles. The van der Waals surface area contributed by atoms with Crippen molar-refractivity contribution in [1.82, 2.24) is 15.0 Å². The highest BCUT2D eigenvalue weighted by Crippen LogP contribution is 2.19. The Balaban J connectivity index is 1.76. The van der Waals surface area contributed by atoms with Crippen LogP contribution in [0.2, 0.25) is 0 Å². The molecule has 0 bridgehead atoms. The van der Waals surface area contributed by atoms with Crippen molar-refractivity contribution < 1.29 is 14.3 Å². The number of aromatic nitrogens is 3. The predicted molar refractivity (Wildman–Crippen MR) is 74.1 cm³/mol. The van der Waals surface area contributed by atoms with E-state index in [0.29, 0.717) is 24.7 Å². The summed E-state index contributed by atoms with van der Waals surface area (Å²) in [4.78, 5) is 24.3. The zero-order valence-corrected chi connectivity index (χ0v) is 11.2. The highest BCUT2D eigenvalue weighted by Gasteiger charge is 2.21. The van der Waals surface area contributed by atoms with E-state index >= 15 is 0 Å². The number of carbonyl (C=O) groups excluding carboxylic acids is 1. The average Bonchev–Trinajstić information content (AvgIpc) is 3.02. The molecule has 1 unspecified atom stereocenters. The molecule has 1 fully saturated rings. The maximum atomic E-state index is 12.3. The lowest BCUT2D eigenvalue weighted by Gasteiger charge is -2.13. The molecule has 1 amide bonds.